The molecule has 0 aliphatic rings. The molecular formula is C6H6AlBrF2. The lowest BCUT2D eigenvalue weighted by molar-refractivity contribution is 0.685. The maximum atomic E-state index is 11.9. The van der Waals surface area contributed by atoms with Gasteiger partial charge in [0.25, 0.3) is 0 Å². The molecule has 0 N–H and O–H groups in total. The van der Waals surface area contributed by atoms with Crippen LogP contribution in [0.15, 0.2) is 30.3 Å². The van der Waals surface area contributed by atoms with E-state index >= 15 is 0 Å². The number of benzene rings is 1. The predicted molar refractivity (Wildman–Crippen MR) is 44.4 cm³/mol. The fourth-order valence-corrected chi connectivity index (χ4v) is 1.11. The van der Waals surface area contributed by atoms with Gasteiger partial charge in [-0.2, -0.15) is 0 Å². The Labute approximate surface area is 74.0 Å². The van der Waals surface area contributed by atoms with Gasteiger partial charge in [0, 0.05) is 0 Å². The summed E-state index contributed by atoms with van der Waals surface area (Å²) in [4.78, 5) is 0. The molecule has 1 aromatic rings. The summed E-state index contributed by atoms with van der Waals surface area (Å²) in [6.45, 7) is 0. The summed E-state index contributed by atoms with van der Waals surface area (Å²) in [5.41, 5.74) is 0. The van der Waals surface area contributed by atoms with Crippen LogP contribution in [0, 0.1) is 0 Å². The second-order valence-corrected chi connectivity index (χ2v) is 2.98. The second kappa shape index (κ2) is 4.84. The van der Waals surface area contributed by atoms with Gasteiger partial charge in [-0.1, -0.05) is 30.3 Å². The van der Waals surface area contributed by atoms with E-state index in [2.05, 4.69) is 0 Å². The first kappa shape index (κ1) is 10.1. The third kappa shape index (κ3) is 2.78. The van der Waals surface area contributed by atoms with Crippen molar-refractivity contribution < 1.29 is 7.05 Å². The van der Waals surface area contributed by atoms with Gasteiger partial charge in [-0.05, 0) is 4.43 Å². The molecule has 0 aromatic heterocycles. The van der Waals surface area contributed by atoms with Gasteiger partial charge in [-0.15, -0.1) is 17.0 Å². The van der Waals surface area contributed by atoms with Crippen molar-refractivity contribution in [2.24, 2.45) is 0 Å². The Morgan fingerprint density at radius 3 is 1.80 bits per heavy atom. The largest absolute Gasteiger partial charge is 0.802 e. The Hall–Kier alpha value is 0.0925. The summed E-state index contributed by atoms with van der Waals surface area (Å²) in [7, 11) is 0. The van der Waals surface area contributed by atoms with Gasteiger partial charge >= 0.3 is 15.1 Å². The first-order chi connectivity index (χ1) is 4.30. The molecule has 0 saturated heterocycles. The zero-order valence-corrected chi connectivity index (χ0v) is 8.00. The highest BCUT2D eigenvalue weighted by molar-refractivity contribution is 8.93. The minimum Gasteiger partial charge on any atom is -0.370 e. The highest BCUT2D eigenvalue weighted by Gasteiger charge is 2.22. The highest BCUT2D eigenvalue weighted by Crippen LogP contribution is 1.89. The molecule has 1 aromatic carbocycles. The Balaban J connectivity index is 0.000000810. The second-order valence-electron chi connectivity index (χ2n) is 1.71. The highest BCUT2D eigenvalue weighted by atomic mass is 79.9. The van der Waals surface area contributed by atoms with Crippen LogP contribution in [0.4, 0.5) is 7.05 Å². The lowest BCUT2D eigenvalue weighted by atomic mass is 10.4. The maximum Gasteiger partial charge on any atom is 0.802 e. The van der Waals surface area contributed by atoms with Crippen molar-refractivity contribution in [2.75, 3.05) is 0 Å². The molecule has 0 radical (unpaired) electrons. The molecule has 0 aliphatic heterocycles. The first-order valence-corrected chi connectivity index (χ1v) is 4.09. The van der Waals surface area contributed by atoms with Crippen LogP contribution in [0.5, 0.6) is 0 Å². The van der Waals surface area contributed by atoms with E-state index in [1.807, 2.05) is 0 Å². The van der Waals surface area contributed by atoms with Gasteiger partial charge in [-0.3, -0.25) is 0 Å². The average molecular weight is 223 g/mol. The topological polar surface area (TPSA) is 0 Å². The average Bonchev–Trinajstić information content (AvgIpc) is 1.90. The van der Waals surface area contributed by atoms with Crippen LogP contribution in [0.2, 0.25) is 0 Å². The minimum absolute atomic E-state index is 0. The van der Waals surface area contributed by atoms with Crippen LogP contribution in [-0.4, -0.2) is 15.1 Å². The third-order valence-corrected chi connectivity index (χ3v) is 1.94. The molecule has 10 heavy (non-hydrogen) atoms. The van der Waals surface area contributed by atoms with E-state index in [1.54, 1.807) is 18.2 Å². The summed E-state index contributed by atoms with van der Waals surface area (Å²) in [6, 6.07) is 7.94. The van der Waals surface area contributed by atoms with E-state index in [9.17, 15) is 7.05 Å². The van der Waals surface area contributed by atoms with E-state index in [4.69, 9.17) is 0 Å². The van der Waals surface area contributed by atoms with Gasteiger partial charge in [0.05, 0.1) is 0 Å². The SMILES string of the molecule is Br.[F][Al]([F])[c]1ccccc1. The number of hydrogen-bond acceptors (Lipinski definition) is 0. The van der Waals surface area contributed by atoms with Crippen molar-refractivity contribution in [3.05, 3.63) is 30.3 Å². The van der Waals surface area contributed by atoms with Crippen molar-refractivity contribution in [3.63, 3.8) is 0 Å². The quantitative estimate of drug-likeness (QED) is 0.638. The zero-order valence-electron chi connectivity index (χ0n) is 5.13. The van der Waals surface area contributed by atoms with Crippen LogP contribution in [0.3, 0.4) is 0 Å². The van der Waals surface area contributed by atoms with Crippen LogP contribution in [0.1, 0.15) is 0 Å². The molecule has 0 aliphatic carbocycles. The molecule has 4 heteroatoms. The monoisotopic (exact) mass is 222 g/mol. The Morgan fingerprint density at radius 1 is 1.00 bits per heavy atom. The van der Waals surface area contributed by atoms with Crippen LogP contribution >= 0.6 is 17.0 Å². The Kier molecular flexibility index (Phi) is 4.88. The lowest BCUT2D eigenvalue weighted by Gasteiger charge is -1.88. The predicted octanol–water partition coefficient (Wildman–Crippen LogP) is 1.90. The smallest absolute Gasteiger partial charge is 0.370 e. The summed E-state index contributed by atoms with van der Waals surface area (Å²) >= 11 is -3.53. The van der Waals surface area contributed by atoms with E-state index in [0.717, 1.165) is 0 Å². The van der Waals surface area contributed by atoms with Crippen LogP contribution in [-0.2, 0) is 0 Å². The number of halogens is 3. The first-order valence-electron chi connectivity index (χ1n) is 2.64. The summed E-state index contributed by atoms with van der Waals surface area (Å²) in [6.07, 6.45) is 0. The van der Waals surface area contributed by atoms with Gasteiger partial charge in [-0.25, -0.2) is 0 Å². The molecule has 54 valence electrons. The summed E-state index contributed by atoms with van der Waals surface area (Å²) in [5, 5.41) is 0. The molecule has 0 saturated carbocycles. The third-order valence-electron chi connectivity index (χ3n) is 1.05. The van der Waals surface area contributed by atoms with Crippen LogP contribution < -0.4 is 4.43 Å². The lowest BCUT2D eigenvalue weighted by Crippen LogP contribution is -2.18. The minimum atomic E-state index is -3.53. The van der Waals surface area contributed by atoms with Gasteiger partial charge in [0.15, 0.2) is 0 Å². The fraction of sp³-hybridized carbons (Fsp3) is 0. The molecule has 0 bridgehead atoms. The number of rotatable bonds is 1. The Bertz CT molecular complexity index is 178. The zero-order chi connectivity index (χ0) is 6.69. The maximum absolute atomic E-state index is 11.9. The van der Waals surface area contributed by atoms with E-state index in [0.29, 0.717) is 0 Å². The van der Waals surface area contributed by atoms with Gasteiger partial charge in [0.1, 0.15) is 0 Å². The molecule has 0 amide bonds. The van der Waals surface area contributed by atoms with Gasteiger partial charge < -0.3 is 7.05 Å². The van der Waals surface area contributed by atoms with Crippen molar-refractivity contribution in [1.82, 2.24) is 0 Å². The fourth-order valence-electron chi connectivity index (χ4n) is 0.599. The molecule has 0 unspecified atom stereocenters. The van der Waals surface area contributed by atoms with Crippen molar-refractivity contribution in [1.29, 1.82) is 0 Å². The van der Waals surface area contributed by atoms with Crippen molar-refractivity contribution >= 4 is 36.5 Å². The molecule has 1 rings (SSSR count). The molecule has 0 heterocycles. The van der Waals surface area contributed by atoms with E-state index in [1.165, 1.54) is 12.1 Å². The normalized spacial score (nSPS) is 8.20. The summed E-state index contributed by atoms with van der Waals surface area (Å²) < 4.78 is 24.0. The van der Waals surface area contributed by atoms with Gasteiger partial charge in [0.2, 0.25) is 0 Å². The van der Waals surface area contributed by atoms with Crippen LogP contribution in [0.25, 0.3) is 0 Å². The molecule has 0 nitrogen and oxygen atoms in total. The molecule has 0 atom stereocenters. The number of hydrogen-bond donors (Lipinski definition) is 0. The molecule has 0 spiro atoms. The Morgan fingerprint density at radius 2 is 1.50 bits per heavy atom. The standard InChI is InChI=1S/C6H5.Al.BrH.2FH/c1-2-4-6-5-3-1;;;;/h1-5H;;3*1H/q;+2;;;/p-2. The summed E-state index contributed by atoms with van der Waals surface area (Å²) in [5.74, 6) is 0. The van der Waals surface area contributed by atoms with Crippen molar-refractivity contribution in [3.8, 4) is 0 Å². The van der Waals surface area contributed by atoms with Crippen molar-refractivity contribution in [2.45, 2.75) is 0 Å². The van der Waals surface area contributed by atoms with E-state index < -0.39 is 15.1 Å². The van der Waals surface area contributed by atoms with E-state index in [-0.39, 0.29) is 21.4 Å². The molecule has 0 fully saturated rings. The molecular weight excluding hydrogens is 217 g/mol.